The van der Waals surface area contributed by atoms with Crippen LogP contribution in [0.2, 0.25) is 0 Å². The van der Waals surface area contributed by atoms with E-state index in [-0.39, 0.29) is 0 Å². The summed E-state index contributed by atoms with van der Waals surface area (Å²) in [5, 5.41) is 0. The Morgan fingerprint density at radius 1 is 1.29 bits per heavy atom. The first kappa shape index (κ1) is 16.2. The number of nitrogens with zero attached hydrogens (tertiary/aromatic N) is 2. The minimum Gasteiger partial charge on any atom is -0.487 e. The zero-order valence-electron chi connectivity index (χ0n) is 12.9. The maximum Gasteiger partial charge on any atom is 0.281 e. The molecule has 1 aromatic rings. The van der Waals surface area contributed by atoms with Crippen molar-refractivity contribution >= 4 is 10.2 Å². The molecule has 1 unspecified atom stereocenters. The number of benzene rings is 1. The lowest BCUT2D eigenvalue weighted by Crippen LogP contribution is -2.45. The predicted octanol–water partition coefficient (Wildman–Crippen LogP) is 2.17. The van der Waals surface area contributed by atoms with E-state index in [4.69, 9.17) is 4.74 Å². The van der Waals surface area contributed by atoms with Crippen molar-refractivity contribution in [3.63, 3.8) is 0 Å². The summed E-state index contributed by atoms with van der Waals surface area (Å²) in [7, 11) is 0.866. The molecule has 1 aromatic carbocycles. The summed E-state index contributed by atoms with van der Waals surface area (Å²) in [6.07, 6.45) is 0.451. The maximum absolute atomic E-state index is 13.5. The molecular formula is C14H21FN2O3S. The minimum absolute atomic E-state index is 0.405. The number of hydrogen-bond donors (Lipinski definition) is 0. The van der Waals surface area contributed by atoms with E-state index >= 15 is 0 Å². The van der Waals surface area contributed by atoms with Crippen molar-refractivity contribution in [1.29, 1.82) is 0 Å². The molecule has 0 saturated heterocycles. The largest absolute Gasteiger partial charge is 0.487 e. The Bertz CT molecular complexity index is 644. The van der Waals surface area contributed by atoms with Gasteiger partial charge in [-0.1, -0.05) is 0 Å². The Labute approximate surface area is 125 Å². The SMILES string of the molecule is CN(C)S(=O)(=O)N(C)C1CC(C)(C)Oc2ccc(F)cc21. The van der Waals surface area contributed by atoms with E-state index in [1.165, 1.54) is 37.6 Å². The lowest BCUT2D eigenvalue weighted by molar-refractivity contribution is 0.0530. The highest BCUT2D eigenvalue weighted by Gasteiger charge is 2.40. The van der Waals surface area contributed by atoms with Gasteiger partial charge >= 0.3 is 0 Å². The van der Waals surface area contributed by atoms with Crippen molar-refractivity contribution in [3.8, 4) is 5.75 Å². The van der Waals surface area contributed by atoms with Crippen molar-refractivity contribution in [2.45, 2.75) is 31.9 Å². The third kappa shape index (κ3) is 3.04. The van der Waals surface area contributed by atoms with Crippen LogP contribution in [0.4, 0.5) is 4.39 Å². The molecule has 0 fully saturated rings. The van der Waals surface area contributed by atoms with Gasteiger partial charge in [0.05, 0.1) is 6.04 Å². The summed E-state index contributed by atoms with van der Waals surface area (Å²) in [5.41, 5.74) is 0.0354. The Kier molecular flexibility index (Phi) is 4.03. The summed E-state index contributed by atoms with van der Waals surface area (Å²) in [6, 6.07) is 3.75. The van der Waals surface area contributed by atoms with Crippen LogP contribution < -0.4 is 4.74 Å². The summed E-state index contributed by atoms with van der Waals surface area (Å²) in [5.74, 6) is 0.121. The standard InChI is InChI=1S/C14H21FN2O3S/c1-14(2)9-12(17(5)21(18,19)16(3)4)11-8-10(15)6-7-13(11)20-14/h6-8,12H,9H2,1-5H3. The second-order valence-corrected chi connectivity index (χ2v) is 8.27. The monoisotopic (exact) mass is 316 g/mol. The van der Waals surface area contributed by atoms with Gasteiger partial charge in [0, 0.05) is 33.1 Å². The molecule has 0 spiro atoms. The Morgan fingerprint density at radius 2 is 1.90 bits per heavy atom. The third-order valence-corrected chi connectivity index (χ3v) is 5.57. The molecule has 21 heavy (non-hydrogen) atoms. The van der Waals surface area contributed by atoms with E-state index in [9.17, 15) is 12.8 Å². The Hall–Kier alpha value is -1.18. The van der Waals surface area contributed by atoms with Gasteiger partial charge in [0.15, 0.2) is 0 Å². The second-order valence-electron chi connectivity index (χ2n) is 6.07. The van der Waals surface area contributed by atoms with Gasteiger partial charge in [-0.3, -0.25) is 0 Å². The van der Waals surface area contributed by atoms with Crippen molar-refractivity contribution in [2.75, 3.05) is 21.1 Å². The van der Waals surface area contributed by atoms with Crippen molar-refractivity contribution in [1.82, 2.24) is 8.61 Å². The number of hydrogen-bond acceptors (Lipinski definition) is 3. The first-order valence-electron chi connectivity index (χ1n) is 6.68. The quantitative estimate of drug-likeness (QED) is 0.859. The minimum atomic E-state index is -3.59. The molecule has 0 amide bonds. The number of fused-ring (bicyclic) bond motifs is 1. The average Bonchev–Trinajstić information content (AvgIpc) is 2.36. The first-order chi connectivity index (χ1) is 9.54. The smallest absolute Gasteiger partial charge is 0.281 e. The third-order valence-electron chi connectivity index (χ3n) is 3.67. The van der Waals surface area contributed by atoms with E-state index in [1.54, 1.807) is 6.07 Å². The van der Waals surface area contributed by atoms with Gasteiger partial charge in [-0.05, 0) is 32.0 Å². The van der Waals surface area contributed by atoms with Crippen LogP contribution in [-0.2, 0) is 10.2 Å². The topological polar surface area (TPSA) is 49.9 Å². The molecule has 5 nitrogen and oxygen atoms in total. The van der Waals surface area contributed by atoms with Crippen LogP contribution in [0.25, 0.3) is 0 Å². The van der Waals surface area contributed by atoms with Gasteiger partial charge in [-0.25, -0.2) is 4.39 Å². The molecule has 0 saturated carbocycles. The number of rotatable bonds is 3. The zero-order valence-corrected chi connectivity index (χ0v) is 13.7. The molecule has 0 aliphatic carbocycles. The average molecular weight is 316 g/mol. The van der Waals surface area contributed by atoms with Crippen molar-refractivity contribution in [3.05, 3.63) is 29.6 Å². The highest BCUT2D eigenvalue weighted by molar-refractivity contribution is 7.86. The van der Waals surface area contributed by atoms with E-state index in [0.717, 1.165) is 4.31 Å². The summed E-state index contributed by atoms with van der Waals surface area (Å²) < 4.78 is 46.5. The van der Waals surface area contributed by atoms with Crippen LogP contribution in [-0.4, -0.2) is 43.8 Å². The fourth-order valence-electron chi connectivity index (χ4n) is 2.53. The molecule has 0 N–H and O–H groups in total. The number of ether oxygens (including phenoxy) is 1. The molecular weight excluding hydrogens is 295 g/mol. The van der Waals surface area contributed by atoms with Crippen LogP contribution in [0.1, 0.15) is 31.9 Å². The van der Waals surface area contributed by atoms with Crippen molar-refractivity contribution < 1.29 is 17.5 Å². The van der Waals surface area contributed by atoms with E-state index < -0.39 is 27.7 Å². The summed E-state index contributed by atoms with van der Waals surface area (Å²) in [6.45, 7) is 3.78. The fraction of sp³-hybridized carbons (Fsp3) is 0.571. The zero-order chi connectivity index (χ0) is 16.0. The lowest BCUT2D eigenvalue weighted by atomic mass is 9.90. The van der Waals surface area contributed by atoms with E-state index in [0.29, 0.717) is 17.7 Å². The molecule has 1 atom stereocenters. The maximum atomic E-state index is 13.5. The van der Waals surface area contributed by atoms with Crippen LogP contribution in [0.3, 0.4) is 0 Å². The van der Waals surface area contributed by atoms with Gasteiger partial charge in [0.2, 0.25) is 0 Å². The second kappa shape index (κ2) is 5.23. The van der Waals surface area contributed by atoms with Crippen molar-refractivity contribution in [2.24, 2.45) is 0 Å². The van der Waals surface area contributed by atoms with Crippen LogP contribution in [0, 0.1) is 5.82 Å². The molecule has 1 heterocycles. The van der Waals surface area contributed by atoms with Gasteiger partial charge in [0.1, 0.15) is 17.2 Å². The van der Waals surface area contributed by atoms with Gasteiger partial charge in [-0.15, -0.1) is 0 Å². The highest BCUT2D eigenvalue weighted by atomic mass is 32.2. The number of halogens is 1. The molecule has 118 valence electrons. The molecule has 0 aromatic heterocycles. The summed E-state index contributed by atoms with van der Waals surface area (Å²) in [4.78, 5) is 0. The van der Waals surface area contributed by atoms with Gasteiger partial charge < -0.3 is 4.74 Å². The molecule has 0 radical (unpaired) electrons. The first-order valence-corrected chi connectivity index (χ1v) is 8.08. The predicted molar refractivity (Wildman–Crippen MR) is 78.8 cm³/mol. The van der Waals surface area contributed by atoms with Crippen LogP contribution in [0.15, 0.2) is 18.2 Å². The van der Waals surface area contributed by atoms with Gasteiger partial charge in [-0.2, -0.15) is 17.0 Å². The Balaban J connectivity index is 2.51. The molecule has 2 rings (SSSR count). The van der Waals surface area contributed by atoms with E-state index in [2.05, 4.69) is 0 Å². The normalized spacial score (nSPS) is 21.2. The van der Waals surface area contributed by atoms with Crippen LogP contribution in [0.5, 0.6) is 5.75 Å². The molecule has 0 bridgehead atoms. The molecule has 1 aliphatic heterocycles. The van der Waals surface area contributed by atoms with Gasteiger partial charge in [0.25, 0.3) is 10.2 Å². The Morgan fingerprint density at radius 3 is 2.48 bits per heavy atom. The van der Waals surface area contributed by atoms with E-state index in [1.807, 2.05) is 13.8 Å². The summed E-state index contributed by atoms with van der Waals surface area (Å²) >= 11 is 0. The lowest BCUT2D eigenvalue weighted by Gasteiger charge is -2.41. The van der Waals surface area contributed by atoms with Crippen LogP contribution >= 0.6 is 0 Å². The molecule has 7 heteroatoms. The highest BCUT2D eigenvalue weighted by Crippen LogP contribution is 2.43. The molecule has 1 aliphatic rings. The fourth-order valence-corrected chi connectivity index (χ4v) is 3.56.